The summed E-state index contributed by atoms with van der Waals surface area (Å²) in [4.78, 5) is 13.7. The van der Waals surface area contributed by atoms with Gasteiger partial charge >= 0.3 is 0 Å². The van der Waals surface area contributed by atoms with E-state index in [0.717, 1.165) is 39.7 Å². The van der Waals surface area contributed by atoms with Gasteiger partial charge in [0.25, 0.3) is 0 Å². The van der Waals surface area contributed by atoms with Crippen LogP contribution in [0.5, 0.6) is 11.5 Å². The van der Waals surface area contributed by atoms with Crippen LogP contribution >= 0.6 is 23.2 Å². The number of carbonyl (C=O) groups excluding carboxylic acids is 1. The van der Waals surface area contributed by atoms with Crippen molar-refractivity contribution in [2.45, 2.75) is 24.8 Å². The van der Waals surface area contributed by atoms with Crippen LogP contribution in [-0.4, -0.2) is 20.0 Å². The number of benzene rings is 3. The molecule has 0 aromatic heterocycles. The standard InChI is InChI=1S/C27H24Cl2N2O3/c1-33-17-8-10-25(34-2)18(14-17)16-12-23-26(24(32)13-16)27(15-7-9-19(28)20(29)11-15)31-22-6-4-3-5-21(22)30-23/h3-11,14,16,27,30-31H,12-13H2,1-2H3. The Balaban J connectivity index is 1.62. The van der Waals surface area contributed by atoms with Gasteiger partial charge in [0.1, 0.15) is 11.5 Å². The predicted molar refractivity (Wildman–Crippen MR) is 136 cm³/mol. The number of Topliss-reactive ketones (excluding diaryl/α,β-unsaturated/α-hetero) is 1. The molecular formula is C27H24Cl2N2O3. The van der Waals surface area contributed by atoms with E-state index in [1.807, 2.05) is 54.6 Å². The minimum Gasteiger partial charge on any atom is -0.497 e. The molecule has 0 bridgehead atoms. The minimum absolute atomic E-state index is 0.0523. The first kappa shape index (κ1) is 22.6. The van der Waals surface area contributed by atoms with E-state index in [0.29, 0.717) is 28.5 Å². The zero-order valence-corrected chi connectivity index (χ0v) is 20.3. The zero-order chi connectivity index (χ0) is 23.8. The molecule has 2 aliphatic rings. The van der Waals surface area contributed by atoms with E-state index < -0.39 is 0 Å². The number of hydrogen-bond donors (Lipinski definition) is 2. The molecule has 0 amide bonds. The molecule has 34 heavy (non-hydrogen) atoms. The molecule has 174 valence electrons. The first-order valence-corrected chi connectivity index (χ1v) is 11.8. The van der Waals surface area contributed by atoms with Crippen molar-refractivity contribution in [3.63, 3.8) is 0 Å². The summed E-state index contributed by atoms with van der Waals surface area (Å²) >= 11 is 12.5. The number of ether oxygens (including phenoxy) is 2. The van der Waals surface area contributed by atoms with E-state index in [2.05, 4.69) is 10.6 Å². The first-order chi connectivity index (χ1) is 16.5. The van der Waals surface area contributed by atoms with Gasteiger partial charge < -0.3 is 20.1 Å². The van der Waals surface area contributed by atoms with Gasteiger partial charge in [0.15, 0.2) is 5.78 Å². The molecule has 7 heteroatoms. The van der Waals surface area contributed by atoms with Crippen molar-refractivity contribution in [2.75, 3.05) is 24.9 Å². The molecule has 2 unspecified atom stereocenters. The summed E-state index contributed by atoms with van der Waals surface area (Å²) in [5.74, 6) is 1.50. The fourth-order valence-corrected chi connectivity index (χ4v) is 5.12. The lowest BCUT2D eigenvalue weighted by molar-refractivity contribution is -0.116. The normalized spacial score (nSPS) is 19.4. The van der Waals surface area contributed by atoms with E-state index >= 15 is 0 Å². The van der Waals surface area contributed by atoms with Gasteiger partial charge in [0.2, 0.25) is 0 Å². The van der Waals surface area contributed by atoms with Gasteiger partial charge in [-0.3, -0.25) is 4.79 Å². The smallest absolute Gasteiger partial charge is 0.163 e. The van der Waals surface area contributed by atoms with Gasteiger partial charge in [-0.25, -0.2) is 0 Å². The SMILES string of the molecule is COc1ccc(OC)c(C2CC(=O)C3=C(C2)Nc2ccccc2NC3c2ccc(Cl)c(Cl)c2)c1. The Morgan fingerprint density at radius 1 is 0.882 bits per heavy atom. The number of rotatable bonds is 4. The van der Waals surface area contributed by atoms with Gasteiger partial charge in [0, 0.05) is 29.2 Å². The summed E-state index contributed by atoms with van der Waals surface area (Å²) in [7, 11) is 3.28. The third-order valence-corrected chi connectivity index (χ3v) is 7.20. The number of ketones is 1. The number of hydrogen-bond acceptors (Lipinski definition) is 5. The van der Waals surface area contributed by atoms with Crippen LogP contribution < -0.4 is 20.1 Å². The average molecular weight is 495 g/mol. The highest BCUT2D eigenvalue weighted by molar-refractivity contribution is 6.42. The third-order valence-electron chi connectivity index (χ3n) is 6.46. The highest BCUT2D eigenvalue weighted by Gasteiger charge is 2.37. The Hall–Kier alpha value is -3.15. The fourth-order valence-electron chi connectivity index (χ4n) is 4.81. The van der Waals surface area contributed by atoms with Crippen LogP contribution in [0.25, 0.3) is 0 Å². The molecule has 5 nitrogen and oxygen atoms in total. The summed E-state index contributed by atoms with van der Waals surface area (Å²) < 4.78 is 11.1. The zero-order valence-electron chi connectivity index (χ0n) is 18.8. The van der Waals surface area contributed by atoms with Gasteiger partial charge in [0.05, 0.1) is 41.7 Å². The second-order valence-corrected chi connectivity index (χ2v) is 9.26. The molecule has 0 spiro atoms. The largest absolute Gasteiger partial charge is 0.497 e. The number of anilines is 2. The van der Waals surface area contributed by atoms with Crippen LogP contribution in [0.4, 0.5) is 11.4 Å². The molecule has 1 aliphatic heterocycles. The minimum atomic E-state index is -0.360. The van der Waals surface area contributed by atoms with Crippen LogP contribution in [0.2, 0.25) is 10.0 Å². The van der Waals surface area contributed by atoms with E-state index in [9.17, 15) is 4.79 Å². The van der Waals surface area contributed by atoms with Crippen LogP contribution in [-0.2, 0) is 4.79 Å². The maximum Gasteiger partial charge on any atom is 0.163 e. The Kier molecular flexibility index (Phi) is 6.15. The average Bonchev–Trinajstić information content (AvgIpc) is 3.02. The lowest BCUT2D eigenvalue weighted by Crippen LogP contribution is -2.27. The molecule has 2 N–H and O–H groups in total. The summed E-state index contributed by atoms with van der Waals surface area (Å²) in [5, 5.41) is 8.04. The molecule has 5 rings (SSSR count). The third kappa shape index (κ3) is 4.10. The molecule has 1 heterocycles. The summed E-state index contributed by atoms with van der Waals surface area (Å²) in [6.45, 7) is 0. The van der Waals surface area contributed by atoms with Crippen molar-refractivity contribution in [2.24, 2.45) is 0 Å². The second kappa shape index (κ2) is 9.24. The lowest BCUT2D eigenvalue weighted by atomic mass is 9.78. The van der Waals surface area contributed by atoms with Gasteiger partial charge in [-0.2, -0.15) is 0 Å². The Morgan fingerprint density at radius 2 is 1.68 bits per heavy atom. The topological polar surface area (TPSA) is 59.6 Å². The quantitative estimate of drug-likeness (QED) is 0.409. The second-order valence-electron chi connectivity index (χ2n) is 8.45. The molecule has 0 radical (unpaired) electrons. The van der Waals surface area contributed by atoms with E-state index in [1.54, 1.807) is 20.3 Å². The summed E-state index contributed by atoms with van der Waals surface area (Å²) in [6, 6.07) is 18.8. The monoisotopic (exact) mass is 494 g/mol. The number of fused-ring (bicyclic) bond motifs is 1. The lowest BCUT2D eigenvalue weighted by Gasteiger charge is -2.30. The van der Waals surface area contributed by atoms with Gasteiger partial charge in [-0.1, -0.05) is 41.4 Å². The van der Waals surface area contributed by atoms with E-state index in [-0.39, 0.29) is 17.7 Å². The molecule has 3 aromatic rings. The molecule has 3 aromatic carbocycles. The summed E-state index contributed by atoms with van der Waals surface area (Å²) in [5.41, 5.74) is 5.28. The number of methoxy groups -OCH3 is 2. The van der Waals surface area contributed by atoms with Crippen molar-refractivity contribution < 1.29 is 14.3 Å². The fraction of sp³-hybridized carbons (Fsp3) is 0.222. The maximum absolute atomic E-state index is 13.7. The number of para-hydroxylation sites is 2. The first-order valence-electron chi connectivity index (χ1n) is 11.0. The van der Waals surface area contributed by atoms with Crippen LogP contribution in [0.1, 0.15) is 35.9 Å². The Labute approximate surface area is 208 Å². The molecule has 1 aliphatic carbocycles. The number of nitrogens with one attached hydrogen (secondary N) is 2. The number of halogens is 2. The van der Waals surface area contributed by atoms with Crippen molar-refractivity contribution in [3.05, 3.63) is 93.1 Å². The molecule has 0 saturated carbocycles. The van der Waals surface area contributed by atoms with Gasteiger partial charge in [-0.15, -0.1) is 0 Å². The molecule has 0 saturated heterocycles. The van der Waals surface area contributed by atoms with Crippen LogP contribution in [0.3, 0.4) is 0 Å². The van der Waals surface area contributed by atoms with Crippen LogP contribution in [0.15, 0.2) is 71.9 Å². The molecule has 2 atom stereocenters. The van der Waals surface area contributed by atoms with Crippen molar-refractivity contribution in [1.82, 2.24) is 0 Å². The molecule has 0 fully saturated rings. The predicted octanol–water partition coefficient (Wildman–Crippen LogP) is 6.99. The van der Waals surface area contributed by atoms with Crippen molar-refractivity contribution in [3.8, 4) is 11.5 Å². The maximum atomic E-state index is 13.7. The van der Waals surface area contributed by atoms with Crippen molar-refractivity contribution in [1.29, 1.82) is 0 Å². The Morgan fingerprint density at radius 3 is 2.41 bits per heavy atom. The van der Waals surface area contributed by atoms with Crippen LogP contribution in [0, 0.1) is 0 Å². The summed E-state index contributed by atoms with van der Waals surface area (Å²) in [6.07, 6.45) is 1.01. The van der Waals surface area contributed by atoms with E-state index in [4.69, 9.17) is 32.7 Å². The number of allylic oxidation sites excluding steroid dienone is 1. The van der Waals surface area contributed by atoms with Gasteiger partial charge in [-0.05, 0) is 54.4 Å². The number of carbonyl (C=O) groups is 1. The molecular weight excluding hydrogens is 471 g/mol. The highest BCUT2D eigenvalue weighted by Crippen LogP contribution is 2.46. The van der Waals surface area contributed by atoms with E-state index in [1.165, 1.54) is 0 Å². The highest BCUT2D eigenvalue weighted by atomic mass is 35.5. The Bertz CT molecular complexity index is 1300. The van der Waals surface area contributed by atoms with Crippen molar-refractivity contribution >= 4 is 40.4 Å².